The third kappa shape index (κ3) is 6.26. The van der Waals surface area contributed by atoms with Gasteiger partial charge in [-0.3, -0.25) is 4.79 Å². The Bertz CT molecular complexity index is 131. The van der Waals surface area contributed by atoms with Crippen molar-refractivity contribution >= 4 is 41.3 Å². The van der Waals surface area contributed by atoms with E-state index in [1.165, 1.54) is 0 Å². The zero-order valence-electron chi connectivity index (χ0n) is 6.55. The van der Waals surface area contributed by atoms with Gasteiger partial charge in [0.25, 0.3) is 0 Å². The molecule has 1 radical (unpaired) electrons. The molecule has 0 aliphatic heterocycles. The summed E-state index contributed by atoms with van der Waals surface area (Å²) in [5, 5.41) is 8.08. The molecule has 0 unspecified atom stereocenters. The monoisotopic (exact) mass is 153 g/mol. The number of ketones is 1. The van der Waals surface area contributed by atoms with Gasteiger partial charge in [0.1, 0.15) is 0 Å². The average molecular weight is 153 g/mol. The van der Waals surface area contributed by atoms with Gasteiger partial charge in [-0.1, -0.05) is 13.8 Å². The van der Waals surface area contributed by atoms with E-state index in [-0.39, 0.29) is 41.9 Å². The largest absolute Gasteiger partial charge is 0.476 e. The Kier molecular flexibility index (Phi) is 7.53. The number of carbonyl (C=O) groups excluding carboxylic acids is 1. The first-order valence-electron chi connectivity index (χ1n) is 2.80. The zero-order chi connectivity index (χ0) is 7.44. The molecule has 0 rings (SSSR count). The van der Waals surface area contributed by atoms with E-state index in [1.54, 1.807) is 13.8 Å². The van der Waals surface area contributed by atoms with Crippen LogP contribution in [0.4, 0.5) is 0 Å². The van der Waals surface area contributed by atoms with Crippen LogP contribution in [0.3, 0.4) is 0 Å². The van der Waals surface area contributed by atoms with E-state index >= 15 is 0 Å². The molecule has 0 spiro atoms. The minimum absolute atomic E-state index is 0. The average Bonchev–Trinajstić information content (AvgIpc) is 1.63. The van der Waals surface area contributed by atoms with E-state index in [4.69, 9.17) is 5.11 Å². The van der Waals surface area contributed by atoms with Crippen molar-refractivity contribution in [2.45, 2.75) is 20.3 Å². The van der Waals surface area contributed by atoms with Gasteiger partial charge in [-0.2, -0.15) is 0 Å². The van der Waals surface area contributed by atoms with E-state index < -0.39 is 11.8 Å². The Morgan fingerprint density at radius 2 is 1.80 bits per heavy atom. The molecule has 1 N–H and O–H groups in total. The SMILES string of the molecule is CC(C)CC(=O)C(=O)O.[Na]. The van der Waals surface area contributed by atoms with Gasteiger partial charge >= 0.3 is 5.97 Å². The van der Waals surface area contributed by atoms with Crippen molar-refractivity contribution in [2.24, 2.45) is 5.92 Å². The third-order valence-electron chi connectivity index (χ3n) is 0.832. The molecule has 0 amide bonds. The van der Waals surface area contributed by atoms with Crippen LogP contribution in [0.2, 0.25) is 0 Å². The number of carbonyl (C=O) groups is 2. The normalized spacial score (nSPS) is 8.70. The molecule has 3 nitrogen and oxygen atoms in total. The molecule has 0 aliphatic carbocycles. The number of Topliss-reactive ketones (excluding diaryl/α,β-unsaturated/α-hetero) is 1. The predicted octanol–water partition coefficient (Wildman–Crippen LogP) is 0.305. The van der Waals surface area contributed by atoms with Crippen LogP contribution in [0.5, 0.6) is 0 Å². The predicted molar refractivity (Wildman–Crippen MR) is 37.9 cm³/mol. The van der Waals surface area contributed by atoms with Crippen molar-refractivity contribution < 1.29 is 14.7 Å². The zero-order valence-corrected chi connectivity index (χ0v) is 8.55. The van der Waals surface area contributed by atoms with Crippen LogP contribution in [0.15, 0.2) is 0 Å². The second kappa shape index (κ2) is 5.89. The molecule has 0 atom stereocenters. The van der Waals surface area contributed by atoms with Crippen LogP contribution < -0.4 is 0 Å². The number of hydrogen-bond donors (Lipinski definition) is 1. The summed E-state index contributed by atoms with van der Waals surface area (Å²) in [4.78, 5) is 20.2. The summed E-state index contributed by atoms with van der Waals surface area (Å²) < 4.78 is 0. The first-order chi connectivity index (χ1) is 4.04. The van der Waals surface area contributed by atoms with Crippen molar-refractivity contribution in [2.75, 3.05) is 0 Å². The van der Waals surface area contributed by atoms with Crippen molar-refractivity contribution in [3.8, 4) is 0 Å². The standard InChI is InChI=1S/C6H10O3.Na/c1-4(2)3-5(7)6(8)9;/h4H,3H2,1-2H3,(H,8,9);. The summed E-state index contributed by atoms with van der Waals surface area (Å²) >= 11 is 0. The van der Waals surface area contributed by atoms with Crippen LogP contribution in [0, 0.1) is 5.92 Å². The molecule has 0 bridgehead atoms. The summed E-state index contributed by atoms with van der Waals surface area (Å²) in [7, 11) is 0. The topological polar surface area (TPSA) is 54.4 Å². The van der Waals surface area contributed by atoms with Crippen molar-refractivity contribution in [3.63, 3.8) is 0 Å². The molecule has 0 fully saturated rings. The molecule has 53 valence electrons. The Balaban J connectivity index is 0. The Labute approximate surface area is 82.1 Å². The summed E-state index contributed by atoms with van der Waals surface area (Å²) in [6.45, 7) is 3.61. The summed E-state index contributed by atoms with van der Waals surface area (Å²) in [6.07, 6.45) is 0.134. The van der Waals surface area contributed by atoms with Gasteiger partial charge in [0.05, 0.1) is 0 Å². The van der Waals surface area contributed by atoms with Crippen molar-refractivity contribution in [1.29, 1.82) is 0 Å². The van der Waals surface area contributed by atoms with Gasteiger partial charge in [-0.05, 0) is 5.92 Å². The molecule has 0 aromatic carbocycles. The summed E-state index contributed by atoms with van der Waals surface area (Å²) in [5.74, 6) is -1.90. The third-order valence-corrected chi connectivity index (χ3v) is 0.832. The molecule has 10 heavy (non-hydrogen) atoms. The minimum Gasteiger partial charge on any atom is -0.476 e. The Morgan fingerprint density at radius 1 is 1.40 bits per heavy atom. The second-order valence-electron chi connectivity index (χ2n) is 2.33. The van der Waals surface area contributed by atoms with Gasteiger partial charge in [-0.15, -0.1) is 0 Å². The van der Waals surface area contributed by atoms with Crippen LogP contribution in [-0.2, 0) is 9.59 Å². The Morgan fingerprint density at radius 3 is 1.90 bits per heavy atom. The fraction of sp³-hybridized carbons (Fsp3) is 0.667. The number of hydrogen-bond acceptors (Lipinski definition) is 2. The molecule has 0 saturated carbocycles. The van der Waals surface area contributed by atoms with Gasteiger partial charge < -0.3 is 5.11 Å². The smallest absolute Gasteiger partial charge is 0.372 e. The molecule has 0 heterocycles. The summed E-state index contributed by atoms with van der Waals surface area (Å²) in [5.41, 5.74) is 0. The van der Waals surface area contributed by atoms with E-state index in [2.05, 4.69) is 0 Å². The first-order valence-corrected chi connectivity index (χ1v) is 2.80. The maximum Gasteiger partial charge on any atom is 0.372 e. The first kappa shape index (κ1) is 12.8. The number of carboxylic acid groups (broad SMARTS) is 1. The molecule has 4 heteroatoms. The molecule has 0 saturated heterocycles. The fourth-order valence-corrected chi connectivity index (χ4v) is 0.458. The fourth-order valence-electron chi connectivity index (χ4n) is 0.458. The number of aliphatic carboxylic acids is 1. The summed E-state index contributed by atoms with van der Waals surface area (Å²) in [6, 6.07) is 0. The van der Waals surface area contributed by atoms with Crippen LogP contribution in [-0.4, -0.2) is 46.4 Å². The van der Waals surface area contributed by atoms with Crippen LogP contribution in [0.25, 0.3) is 0 Å². The maximum absolute atomic E-state index is 10.4. The minimum atomic E-state index is -1.33. The van der Waals surface area contributed by atoms with Crippen molar-refractivity contribution in [1.82, 2.24) is 0 Å². The quantitative estimate of drug-likeness (QED) is 0.468. The van der Waals surface area contributed by atoms with Crippen molar-refractivity contribution in [3.05, 3.63) is 0 Å². The molecule has 0 aliphatic rings. The molecular weight excluding hydrogens is 143 g/mol. The second-order valence-corrected chi connectivity index (χ2v) is 2.33. The number of carboxylic acids is 1. The van der Waals surface area contributed by atoms with E-state index in [0.717, 1.165) is 0 Å². The van der Waals surface area contributed by atoms with Gasteiger partial charge in [0.15, 0.2) is 0 Å². The molecular formula is C6H10NaO3. The van der Waals surface area contributed by atoms with E-state index in [9.17, 15) is 9.59 Å². The van der Waals surface area contributed by atoms with E-state index in [1.807, 2.05) is 0 Å². The van der Waals surface area contributed by atoms with Crippen LogP contribution in [0.1, 0.15) is 20.3 Å². The van der Waals surface area contributed by atoms with Gasteiger partial charge in [-0.25, -0.2) is 4.79 Å². The van der Waals surface area contributed by atoms with Gasteiger partial charge in [0.2, 0.25) is 5.78 Å². The van der Waals surface area contributed by atoms with Crippen LogP contribution >= 0.6 is 0 Å². The number of rotatable bonds is 3. The molecule has 0 aromatic rings. The Hall–Kier alpha value is 0.140. The maximum atomic E-state index is 10.4. The van der Waals surface area contributed by atoms with Gasteiger partial charge in [0, 0.05) is 36.0 Å². The van der Waals surface area contributed by atoms with E-state index in [0.29, 0.717) is 0 Å². The molecule has 0 aromatic heterocycles.